The first-order valence-electron chi connectivity index (χ1n) is 6.23. The quantitative estimate of drug-likeness (QED) is 0.755. The Morgan fingerprint density at radius 2 is 2.00 bits per heavy atom. The summed E-state index contributed by atoms with van der Waals surface area (Å²) in [5, 5.41) is 0. The van der Waals surface area contributed by atoms with E-state index in [0.717, 1.165) is 5.56 Å². The second kappa shape index (κ2) is 5.59. The minimum absolute atomic E-state index is 0.0168. The fourth-order valence-corrected chi connectivity index (χ4v) is 2.33. The lowest BCUT2D eigenvalue weighted by Gasteiger charge is -2.21. The zero-order valence-corrected chi connectivity index (χ0v) is 10.6. The molecule has 0 aromatic heterocycles. The summed E-state index contributed by atoms with van der Waals surface area (Å²) in [5.74, 6) is -0.690. The molecule has 0 N–H and O–H groups in total. The molecule has 0 amide bonds. The van der Waals surface area contributed by atoms with Gasteiger partial charge in [0.15, 0.2) is 12.1 Å². The van der Waals surface area contributed by atoms with E-state index >= 15 is 0 Å². The highest BCUT2D eigenvalue weighted by Gasteiger charge is 2.37. The van der Waals surface area contributed by atoms with Crippen LogP contribution in [0.25, 0.3) is 0 Å². The molecule has 3 nitrogen and oxygen atoms in total. The Bertz CT molecular complexity index is 439. The number of rotatable bonds is 5. The van der Waals surface area contributed by atoms with E-state index in [1.807, 2.05) is 13.8 Å². The Balaban J connectivity index is 2.21. The third-order valence-corrected chi connectivity index (χ3v) is 3.10. The first-order valence-corrected chi connectivity index (χ1v) is 6.23. The topological polar surface area (TPSA) is 35.5 Å². The number of Topliss-reactive ketones (excluding diaryl/α,β-unsaturated/α-hetero) is 1. The van der Waals surface area contributed by atoms with E-state index in [1.165, 1.54) is 12.1 Å². The van der Waals surface area contributed by atoms with Crippen molar-refractivity contribution in [3.8, 4) is 0 Å². The van der Waals surface area contributed by atoms with Gasteiger partial charge in [0.25, 0.3) is 0 Å². The molecular formula is C14H17FO3. The van der Waals surface area contributed by atoms with Crippen LogP contribution in [0.3, 0.4) is 0 Å². The zero-order chi connectivity index (χ0) is 13.1. The molecular weight excluding hydrogens is 235 g/mol. The molecule has 1 unspecified atom stereocenters. The van der Waals surface area contributed by atoms with Gasteiger partial charge in [0.1, 0.15) is 5.82 Å². The maximum Gasteiger partial charge on any atom is 0.171 e. The van der Waals surface area contributed by atoms with Crippen molar-refractivity contribution in [1.29, 1.82) is 0 Å². The van der Waals surface area contributed by atoms with Crippen LogP contribution in [0.2, 0.25) is 0 Å². The lowest BCUT2D eigenvalue weighted by molar-refractivity contribution is -0.156. The molecule has 18 heavy (non-hydrogen) atoms. The predicted molar refractivity (Wildman–Crippen MR) is 65.0 cm³/mol. The summed E-state index contributed by atoms with van der Waals surface area (Å²) in [6, 6.07) is 4.28. The summed E-state index contributed by atoms with van der Waals surface area (Å²) in [6.07, 6.45) is -0.0562. The van der Waals surface area contributed by atoms with Gasteiger partial charge in [-0.15, -0.1) is 0 Å². The van der Waals surface area contributed by atoms with Gasteiger partial charge < -0.3 is 9.47 Å². The number of carbonyl (C=O) groups excluding carboxylic acids is 1. The SMILES string of the molecule is CCOC(OCC)C1Cc2cc(F)ccc2C1=O. The third-order valence-electron chi connectivity index (χ3n) is 3.10. The minimum atomic E-state index is -0.539. The average Bonchev–Trinajstić information content (AvgIpc) is 2.66. The van der Waals surface area contributed by atoms with E-state index < -0.39 is 6.29 Å². The van der Waals surface area contributed by atoms with Crippen LogP contribution in [0.5, 0.6) is 0 Å². The van der Waals surface area contributed by atoms with Crippen molar-refractivity contribution in [3.63, 3.8) is 0 Å². The molecule has 0 saturated carbocycles. The van der Waals surface area contributed by atoms with Crippen molar-refractivity contribution in [2.75, 3.05) is 13.2 Å². The molecule has 0 aliphatic heterocycles. The monoisotopic (exact) mass is 252 g/mol. The predicted octanol–water partition coefficient (Wildman–Crippen LogP) is 2.58. The van der Waals surface area contributed by atoms with E-state index in [9.17, 15) is 9.18 Å². The van der Waals surface area contributed by atoms with Crippen molar-refractivity contribution in [3.05, 3.63) is 35.1 Å². The highest BCUT2D eigenvalue weighted by atomic mass is 19.1. The summed E-state index contributed by atoms with van der Waals surface area (Å²) >= 11 is 0. The largest absolute Gasteiger partial charge is 0.352 e. The first-order chi connectivity index (χ1) is 8.67. The van der Waals surface area contributed by atoms with Crippen LogP contribution in [-0.4, -0.2) is 25.3 Å². The van der Waals surface area contributed by atoms with Gasteiger partial charge in [-0.25, -0.2) is 4.39 Å². The summed E-state index contributed by atoms with van der Waals surface area (Å²) in [4.78, 5) is 12.2. The fraction of sp³-hybridized carbons (Fsp3) is 0.500. The third kappa shape index (κ3) is 2.44. The van der Waals surface area contributed by atoms with Crippen molar-refractivity contribution in [2.45, 2.75) is 26.6 Å². The van der Waals surface area contributed by atoms with E-state index in [0.29, 0.717) is 25.2 Å². The van der Waals surface area contributed by atoms with Gasteiger partial charge in [0, 0.05) is 18.8 Å². The molecule has 0 fully saturated rings. The Morgan fingerprint density at radius 3 is 2.61 bits per heavy atom. The Labute approximate surface area is 106 Å². The number of fused-ring (bicyclic) bond motifs is 1. The normalized spacial score (nSPS) is 18.4. The van der Waals surface area contributed by atoms with Gasteiger partial charge in [-0.2, -0.15) is 0 Å². The van der Waals surface area contributed by atoms with Crippen LogP contribution in [0.15, 0.2) is 18.2 Å². The second-order valence-corrected chi connectivity index (χ2v) is 4.26. The summed E-state index contributed by atoms with van der Waals surface area (Å²) in [6.45, 7) is 4.69. The molecule has 0 bridgehead atoms. The number of carbonyl (C=O) groups is 1. The summed E-state index contributed by atoms with van der Waals surface area (Å²) < 4.78 is 24.1. The van der Waals surface area contributed by atoms with E-state index in [4.69, 9.17) is 9.47 Å². The fourth-order valence-electron chi connectivity index (χ4n) is 2.33. The highest BCUT2D eigenvalue weighted by Crippen LogP contribution is 2.31. The number of ketones is 1. The first kappa shape index (κ1) is 13.2. The molecule has 1 atom stereocenters. The van der Waals surface area contributed by atoms with Crippen molar-refractivity contribution in [2.24, 2.45) is 5.92 Å². The lowest BCUT2D eigenvalue weighted by Crippen LogP contribution is -2.31. The molecule has 0 saturated heterocycles. The number of hydrogen-bond donors (Lipinski definition) is 0. The van der Waals surface area contributed by atoms with Gasteiger partial charge >= 0.3 is 0 Å². The maximum absolute atomic E-state index is 13.1. The number of hydrogen-bond acceptors (Lipinski definition) is 3. The van der Waals surface area contributed by atoms with Gasteiger partial charge in [0.2, 0.25) is 0 Å². The second-order valence-electron chi connectivity index (χ2n) is 4.26. The Hall–Kier alpha value is -1.26. The van der Waals surface area contributed by atoms with Gasteiger partial charge in [-0.05, 0) is 44.0 Å². The molecule has 1 aliphatic carbocycles. The van der Waals surface area contributed by atoms with Gasteiger partial charge in [-0.3, -0.25) is 4.79 Å². The van der Waals surface area contributed by atoms with Crippen LogP contribution in [0.1, 0.15) is 29.8 Å². The molecule has 4 heteroatoms. The van der Waals surface area contributed by atoms with Gasteiger partial charge in [0.05, 0.1) is 5.92 Å². The zero-order valence-electron chi connectivity index (χ0n) is 10.6. The summed E-state index contributed by atoms with van der Waals surface area (Å²) in [7, 11) is 0. The highest BCUT2D eigenvalue weighted by molar-refractivity contribution is 6.02. The molecule has 1 aromatic rings. The number of benzene rings is 1. The van der Waals surface area contributed by atoms with E-state index in [-0.39, 0.29) is 17.5 Å². The smallest absolute Gasteiger partial charge is 0.171 e. The lowest BCUT2D eigenvalue weighted by atomic mass is 10.0. The molecule has 2 rings (SSSR count). The molecule has 0 radical (unpaired) electrons. The average molecular weight is 252 g/mol. The van der Waals surface area contributed by atoms with Crippen LogP contribution in [0, 0.1) is 11.7 Å². The van der Waals surface area contributed by atoms with Crippen molar-refractivity contribution in [1.82, 2.24) is 0 Å². The van der Waals surface area contributed by atoms with Gasteiger partial charge in [-0.1, -0.05) is 0 Å². The summed E-state index contributed by atoms with van der Waals surface area (Å²) in [5.41, 5.74) is 1.33. The molecule has 1 aliphatic rings. The van der Waals surface area contributed by atoms with Crippen molar-refractivity contribution < 1.29 is 18.7 Å². The molecule has 98 valence electrons. The minimum Gasteiger partial charge on any atom is -0.352 e. The van der Waals surface area contributed by atoms with Crippen LogP contribution < -0.4 is 0 Å². The van der Waals surface area contributed by atoms with Crippen LogP contribution in [0.4, 0.5) is 4.39 Å². The van der Waals surface area contributed by atoms with E-state index in [2.05, 4.69) is 0 Å². The maximum atomic E-state index is 13.1. The standard InChI is InChI=1S/C14H17FO3/c1-3-17-14(18-4-2)12-8-9-7-10(15)5-6-11(9)13(12)16/h5-7,12,14H,3-4,8H2,1-2H3. The Kier molecular flexibility index (Phi) is 4.09. The number of ether oxygens (including phenoxy) is 2. The Morgan fingerprint density at radius 1 is 1.33 bits per heavy atom. The molecule has 0 heterocycles. The number of halogens is 1. The van der Waals surface area contributed by atoms with Crippen LogP contribution in [-0.2, 0) is 15.9 Å². The van der Waals surface area contributed by atoms with E-state index in [1.54, 1.807) is 6.07 Å². The molecule has 1 aromatic carbocycles. The van der Waals surface area contributed by atoms with Crippen LogP contribution >= 0.6 is 0 Å². The molecule has 0 spiro atoms. The van der Waals surface area contributed by atoms with Crippen molar-refractivity contribution >= 4 is 5.78 Å².